The highest BCUT2D eigenvalue weighted by Gasteiger charge is 2.35. The minimum atomic E-state index is 0.455. The molecule has 3 atom stereocenters. The van der Waals surface area contributed by atoms with Crippen molar-refractivity contribution in [3.8, 4) is 0 Å². The monoisotopic (exact) mass is 266 g/mol. The maximum atomic E-state index is 6.20. The van der Waals surface area contributed by atoms with Crippen LogP contribution in [0, 0.1) is 5.92 Å². The maximum Gasteiger partial charge on any atom is 0.0367 e. The van der Waals surface area contributed by atoms with Gasteiger partial charge in [-0.3, -0.25) is 4.90 Å². The Kier molecular flexibility index (Phi) is 4.18. The van der Waals surface area contributed by atoms with Gasteiger partial charge in [0.15, 0.2) is 0 Å². The summed E-state index contributed by atoms with van der Waals surface area (Å²) in [5, 5.41) is 0.867. The van der Waals surface area contributed by atoms with Crippen molar-refractivity contribution in [1.82, 2.24) is 9.80 Å². The second-order valence-corrected chi connectivity index (χ2v) is 5.95. The normalized spacial score (nSPS) is 32.4. The lowest BCUT2D eigenvalue weighted by molar-refractivity contribution is 0.187. The number of allylic oxidation sites excluding steroid dienone is 3. The highest BCUT2D eigenvalue weighted by atomic mass is 35.5. The molecule has 0 radical (unpaired) electrons. The highest BCUT2D eigenvalue weighted by Crippen LogP contribution is 2.33. The summed E-state index contributed by atoms with van der Waals surface area (Å²) >= 11 is 6.20. The number of hydrogen-bond donors (Lipinski definition) is 0. The van der Waals surface area contributed by atoms with E-state index in [0.717, 1.165) is 17.3 Å². The van der Waals surface area contributed by atoms with E-state index in [1.165, 1.54) is 12.8 Å². The molecule has 0 aromatic carbocycles. The Balaban J connectivity index is 2.29. The number of rotatable bonds is 2. The summed E-state index contributed by atoms with van der Waals surface area (Å²) in [7, 11) is 4.35. The van der Waals surface area contributed by atoms with Gasteiger partial charge in [0.2, 0.25) is 0 Å². The molecule has 1 saturated heterocycles. The second-order valence-electron chi connectivity index (χ2n) is 5.51. The number of likely N-dealkylation sites (tertiary alicyclic amines) is 1. The molecule has 0 bridgehead atoms. The first kappa shape index (κ1) is 13.7. The molecular formula is C15H23ClN2. The van der Waals surface area contributed by atoms with Crippen LogP contribution < -0.4 is 0 Å². The molecule has 0 N–H and O–H groups in total. The molecule has 0 aromatic rings. The molecule has 1 aliphatic heterocycles. The van der Waals surface area contributed by atoms with Crippen LogP contribution in [0.5, 0.6) is 0 Å². The smallest absolute Gasteiger partial charge is 0.0367 e. The fourth-order valence-corrected chi connectivity index (χ4v) is 3.28. The van der Waals surface area contributed by atoms with Crippen LogP contribution in [0.25, 0.3) is 0 Å². The zero-order valence-corrected chi connectivity index (χ0v) is 12.3. The first-order valence-electron chi connectivity index (χ1n) is 6.65. The Morgan fingerprint density at radius 3 is 2.94 bits per heavy atom. The minimum absolute atomic E-state index is 0.455. The average Bonchev–Trinajstić information content (AvgIpc) is 2.47. The van der Waals surface area contributed by atoms with Gasteiger partial charge in [-0.1, -0.05) is 30.3 Å². The zero-order valence-electron chi connectivity index (χ0n) is 11.6. The molecule has 0 spiro atoms. The van der Waals surface area contributed by atoms with Gasteiger partial charge in [-0.05, 0) is 39.4 Å². The van der Waals surface area contributed by atoms with Gasteiger partial charge in [0.25, 0.3) is 0 Å². The first-order chi connectivity index (χ1) is 8.50. The number of nitrogens with zero attached hydrogens (tertiary/aromatic N) is 2. The third kappa shape index (κ3) is 2.65. The van der Waals surface area contributed by atoms with Crippen LogP contribution in [-0.2, 0) is 0 Å². The van der Waals surface area contributed by atoms with E-state index >= 15 is 0 Å². The largest absolute Gasteiger partial charge is 0.375 e. The van der Waals surface area contributed by atoms with Crippen LogP contribution >= 0.6 is 11.6 Å². The van der Waals surface area contributed by atoms with E-state index in [1.807, 2.05) is 6.08 Å². The van der Waals surface area contributed by atoms with Crippen LogP contribution in [0.3, 0.4) is 0 Å². The molecule has 3 unspecified atom stereocenters. The first-order valence-corrected chi connectivity index (χ1v) is 7.02. The Morgan fingerprint density at radius 2 is 2.28 bits per heavy atom. The van der Waals surface area contributed by atoms with Gasteiger partial charge in [0.1, 0.15) is 0 Å². The molecule has 0 saturated carbocycles. The summed E-state index contributed by atoms with van der Waals surface area (Å²) in [4.78, 5) is 4.75. The molecular weight excluding hydrogens is 244 g/mol. The van der Waals surface area contributed by atoms with Gasteiger partial charge in [-0.2, -0.15) is 0 Å². The van der Waals surface area contributed by atoms with E-state index in [1.54, 1.807) is 0 Å². The van der Waals surface area contributed by atoms with E-state index in [-0.39, 0.29) is 0 Å². The predicted molar refractivity (Wildman–Crippen MR) is 78.6 cm³/mol. The molecule has 2 nitrogen and oxygen atoms in total. The summed E-state index contributed by atoms with van der Waals surface area (Å²) in [5.41, 5.74) is 1.13. The summed E-state index contributed by atoms with van der Waals surface area (Å²) in [6.45, 7) is 7.30. The Hall–Kier alpha value is -0.730. The molecule has 2 rings (SSSR count). The molecule has 0 amide bonds. The van der Waals surface area contributed by atoms with Crippen molar-refractivity contribution < 1.29 is 0 Å². The topological polar surface area (TPSA) is 6.48 Å². The standard InChI is InChI=1S/C15H23ClN2/c1-11(2)18(4)15-6-5-9-17(3)14-8-7-12(16)10-13(14)15/h7-8,10,13-15H,1,5-6,9H2,2-4H3. The third-order valence-corrected chi connectivity index (χ3v) is 4.51. The van der Waals surface area contributed by atoms with Crippen LogP contribution in [0.4, 0.5) is 0 Å². The van der Waals surface area contributed by atoms with Crippen LogP contribution in [0.15, 0.2) is 35.5 Å². The Bertz CT molecular complexity index is 386. The van der Waals surface area contributed by atoms with Gasteiger partial charge < -0.3 is 4.90 Å². The van der Waals surface area contributed by atoms with E-state index in [2.05, 4.69) is 49.5 Å². The lowest BCUT2D eigenvalue weighted by Crippen LogP contribution is -2.44. The maximum absolute atomic E-state index is 6.20. The Morgan fingerprint density at radius 1 is 1.56 bits per heavy atom. The SMILES string of the molecule is C=C(C)N(C)C1CCCN(C)C2C=CC(Cl)=CC21. The van der Waals surface area contributed by atoms with Crippen LogP contribution in [-0.4, -0.2) is 42.5 Å². The van der Waals surface area contributed by atoms with Gasteiger partial charge in [-0.15, -0.1) is 0 Å². The average molecular weight is 267 g/mol. The molecule has 1 fully saturated rings. The summed E-state index contributed by atoms with van der Waals surface area (Å²) in [5.74, 6) is 0.455. The molecule has 100 valence electrons. The van der Waals surface area contributed by atoms with Crippen molar-refractivity contribution >= 4 is 11.6 Å². The van der Waals surface area contributed by atoms with Gasteiger partial charge in [-0.25, -0.2) is 0 Å². The summed E-state index contributed by atoms with van der Waals surface area (Å²) in [6.07, 6.45) is 8.92. The number of halogens is 1. The fraction of sp³-hybridized carbons (Fsp3) is 0.600. The number of hydrogen-bond acceptors (Lipinski definition) is 2. The highest BCUT2D eigenvalue weighted by molar-refractivity contribution is 6.31. The lowest BCUT2D eigenvalue weighted by atomic mass is 9.85. The van der Waals surface area contributed by atoms with E-state index in [0.29, 0.717) is 18.0 Å². The lowest BCUT2D eigenvalue weighted by Gasteiger charge is -2.39. The predicted octanol–water partition coefficient (Wildman–Crippen LogP) is 3.22. The van der Waals surface area contributed by atoms with Crippen LogP contribution in [0.1, 0.15) is 19.8 Å². The fourth-order valence-electron chi connectivity index (χ4n) is 3.06. The van der Waals surface area contributed by atoms with E-state index in [9.17, 15) is 0 Å². The van der Waals surface area contributed by atoms with Crippen molar-refractivity contribution in [1.29, 1.82) is 0 Å². The quantitative estimate of drug-likeness (QED) is 0.757. The zero-order chi connectivity index (χ0) is 13.3. The van der Waals surface area contributed by atoms with Crippen molar-refractivity contribution in [3.63, 3.8) is 0 Å². The van der Waals surface area contributed by atoms with Crippen molar-refractivity contribution in [2.45, 2.75) is 31.8 Å². The summed E-state index contributed by atoms with van der Waals surface area (Å²) in [6, 6.07) is 0.956. The number of likely N-dealkylation sites (N-methyl/N-ethyl adjacent to an activating group) is 1. The van der Waals surface area contributed by atoms with Crippen molar-refractivity contribution in [2.75, 3.05) is 20.6 Å². The Labute approximate surface area is 116 Å². The van der Waals surface area contributed by atoms with Gasteiger partial charge >= 0.3 is 0 Å². The van der Waals surface area contributed by atoms with Gasteiger partial charge in [0, 0.05) is 35.8 Å². The molecule has 3 heteroatoms. The van der Waals surface area contributed by atoms with E-state index < -0.39 is 0 Å². The summed E-state index contributed by atoms with van der Waals surface area (Å²) < 4.78 is 0. The van der Waals surface area contributed by atoms with Crippen molar-refractivity contribution in [2.24, 2.45) is 5.92 Å². The van der Waals surface area contributed by atoms with Crippen LogP contribution in [0.2, 0.25) is 0 Å². The molecule has 1 heterocycles. The number of fused-ring (bicyclic) bond motifs is 1. The molecule has 1 aliphatic carbocycles. The second kappa shape index (κ2) is 5.50. The molecule has 0 aromatic heterocycles. The van der Waals surface area contributed by atoms with E-state index in [4.69, 9.17) is 11.6 Å². The molecule has 2 aliphatic rings. The third-order valence-electron chi connectivity index (χ3n) is 4.26. The minimum Gasteiger partial charge on any atom is -0.375 e. The van der Waals surface area contributed by atoms with Crippen molar-refractivity contribution in [3.05, 3.63) is 35.5 Å². The van der Waals surface area contributed by atoms with Gasteiger partial charge in [0.05, 0.1) is 0 Å². The molecule has 18 heavy (non-hydrogen) atoms.